The molecule has 1 aromatic rings. The van der Waals surface area contributed by atoms with Crippen molar-refractivity contribution in [3.63, 3.8) is 0 Å². The lowest BCUT2D eigenvalue weighted by molar-refractivity contribution is -0.146. The Hall–Kier alpha value is -2.57. The van der Waals surface area contributed by atoms with Crippen LogP contribution in [0, 0.1) is 6.92 Å². The first kappa shape index (κ1) is 19.5. The molecule has 0 aliphatic heterocycles. The summed E-state index contributed by atoms with van der Waals surface area (Å²) in [6.07, 6.45) is 0.660. The number of aryl methyl sites for hydroxylation is 1. The van der Waals surface area contributed by atoms with Gasteiger partial charge in [0, 0.05) is 18.7 Å². The summed E-state index contributed by atoms with van der Waals surface area (Å²) < 4.78 is 4.79. The Morgan fingerprint density at radius 1 is 1.08 bits per heavy atom. The molecule has 0 saturated heterocycles. The molecule has 7 heteroatoms. The highest BCUT2D eigenvalue weighted by atomic mass is 16.5. The minimum Gasteiger partial charge on any atom is -0.466 e. The zero-order valence-corrected chi connectivity index (χ0v) is 14.4. The van der Waals surface area contributed by atoms with Crippen molar-refractivity contribution in [1.29, 1.82) is 0 Å². The fourth-order valence-corrected chi connectivity index (χ4v) is 1.96. The summed E-state index contributed by atoms with van der Waals surface area (Å²) in [5.41, 5.74) is 4.24. The molecule has 0 spiro atoms. The Morgan fingerprint density at radius 2 is 1.75 bits per heavy atom. The molecule has 0 aliphatic rings. The van der Waals surface area contributed by atoms with E-state index in [1.807, 2.05) is 26.0 Å². The SMILES string of the molecule is CCCN(NC(=O)Nc1ccc(C)cc1)C(=O)CCC(=O)OCC. The second kappa shape index (κ2) is 10.3. The van der Waals surface area contributed by atoms with Gasteiger partial charge in [-0.15, -0.1) is 0 Å². The maximum Gasteiger partial charge on any atom is 0.338 e. The minimum absolute atomic E-state index is 0.00580. The van der Waals surface area contributed by atoms with Crippen molar-refractivity contribution in [3.8, 4) is 0 Å². The Balaban J connectivity index is 2.54. The third-order valence-electron chi connectivity index (χ3n) is 3.14. The van der Waals surface area contributed by atoms with E-state index in [9.17, 15) is 14.4 Å². The molecule has 1 aromatic carbocycles. The van der Waals surface area contributed by atoms with Gasteiger partial charge in [0.15, 0.2) is 0 Å². The van der Waals surface area contributed by atoms with Crippen LogP contribution in [0.5, 0.6) is 0 Å². The number of amides is 3. The molecule has 0 radical (unpaired) electrons. The van der Waals surface area contributed by atoms with Crippen LogP contribution < -0.4 is 10.7 Å². The first-order valence-electron chi connectivity index (χ1n) is 8.06. The van der Waals surface area contributed by atoms with E-state index in [1.54, 1.807) is 19.1 Å². The van der Waals surface area contributed by atoms with Crippen LogP contribution >= 0.6 is 0 Å². The fourth-order valence-electron chi connectivity index (χ4n) is 1.96. The fraction of sp³-hybridized carbons (Fsp3) is 0.471. The van der Waals surface area contributed by atoms with Crippen LogP contribution in [0.1, 0.15) is 38.7 Å². The van der Waals surface area contributed by atoms with Crippen LogP contribution in [0.25, 0.3) is 0 Å². The lowest BCUT2D eigenvalue weighted by atomic mass is 10.2. The summed E-state index contributed by atoms with van der Waals surface area (Å²) in [5.74, 6) is -0.754. The molecule has 0 bridgehead atoms. The molecule has 0 unspecified atom stereocenters. The zero-order chi connectivity index (χ0) is 17.9. The van der Waals surface area contributed by atoms with Gasteiger partial charge in [-0.2, -0.15) is 0 Å². The molecule has 0 aromatic heterocycles. The monoisotopic (exact) mass is 335 g/mol. The predicted octanol–water partition coefficient (Wildman–Crippen LogP) is 2.61. The van der Waals surface area contributed by atoms with E-state index in [1.165, 1.54) is 5.01 Å². The van der Waals surface area contributed by atoms with Gasteiger partial charge in [0.2, 0.25) is 5.91 Å². The molecule has 132 valence electrons. The number of rotatable bonds is 7. The molecule has 0 aliphatic carbocycles. The van der Waals surface area contributed by atoms with Crippen LogP contribution in [-0.2, 0) is 14.3 Å². The van der Waals surface area contributed by atoms with E-state index in [0.29, 0.717) is 18.7 Å². The smallest absolute Gasteiger partial charge is 0.338 e. The number of urea groups is 1. The van der Waals surface area contributed by atoms with Crippen molar-refractivity contribution in [3.05, 3.63) is 29.8 Å². The molecule has 0 saturated carbocycles. The highest BCUT2D eigenvalue weighted by Crippen LogP contribution is 2.08. The topological polar surface area (TPSA) is 87.7 Å². The number of benzene rings is 1. The Bertz CT molecular complexity index is 557. The summed E-state index contributed by atoms with van der Waals surface area (Å²) in [4.78, 5) is 35.5. The minimum atomic E-state index is -0.503. The molecular weight excluding hydrogens is 310 g/mol. The third-order valence-corrected chi connectivity index (χ3v) is 3.14. The van der Waals surface area contributed by atoms with Crippen molar-refractivity contribution in [2.75, 3.05) is 18.5 Å². The van der Waals surface area contributed by atoms with Gasteiger partial charge in [-0.3, -0.25) is 14.6 Å². The number of carbonyl (C=O) groups is 3. The maximum absolute atomic E-state index is 12.2. The van der Waals surface area contributed by atoms with E-state index in [0.717, 1.165) is 5.56 Å². The first-order valence-corrected chi connectivity index (χ1v) is 8.06. The number of esters is 1. The molecule has 0 fully saturated rings. The lowest BCUT2D eigenvalue weighted by Gasteiger charge is -2.23. The van der Waals surface area contributed by atoms with Crippen LogP contribution in [0.4, 0.5) is 10.5 Å². The van der Waals surface area contributed by atoms with Gasteiger partial charge in [-0.05, 0) is 32.4 Å². The normalized spacial score (nSPS) is 9.96. The summed E-state index contributed by atoms with van der Waals surface area (Å²) in [6.45, 7) is 6.20. The quantitative estimate of drug-likeness (QED) is 0.592. The number of carbonyl (C=O) groups excluding carboxylic acids is 3. The van der Waals surface area contributed by atoms with E-state index in [4.69, 9.17) is 4.74 Å². The Morgan fingerprint density at radius 3 is 2.33 bits per heavy atom. The molecule has 1 rings (SSSR count). The van der Waals surface area contributed by atoms with Gasteiger partial charge < -0.3 is 10.1 Å². The largest absolute Gasteiger partial charge is 0.466 e. The highest BCUT2D eigenvalue weighted by Gasteiger charge is 2.17. The van der Waals surface area contributed by atoms with Crippen LogP contribution in [-0.4, -0.2) is 36.1 Å². The van der Waals surface area contributed by atoms with Crippen molar-refractivity contribution < 1.29 is 19.1 Å². The maximum atomic E-state index is 12.2. The van der Waals surface area contributed by atoms with Crippen LogP contribution in [0.3, 0.4) is 0 Å². The van der Waals surface area contributed by atoms with Gasteiger partial charge in [-0.25, -0.2) is 10.2 Å². The summed E-state index contributed by atoms with van der Waals surface area (Å²) in [7, 11) is 0. The molecule has 0 atom stereocenters. The van der Waals surface area contributed by atoms with E-state index in [-0.39, 0.29) is 25.4 Å². The van der Waals surface area contributed by atoms with E-state index in [2.05, 4.69) is 10.7 Å². The molecule has 0 heterocycles. The number of nitrogens with zero attached hydrogens (tertiary/aromatic N) is 1. The number of hydrogen-bond donors (Lipinski definition) is 2. The average Bonchev–Trinajstić information content (AvgIpc) is 2.54. The van der Waals surface area contributed by atoms with Crippen molar-refractivity contribution in [2.24, 2.45) is 0 Å². The van der Waals surface area contributed by atoms with Gasteiger partial charge in [0.25, 0.3) is 0 Å². The van der Waals surface area contributed by atoms with Gasteiger partial charge >= 0.3 is 12.0 Å². The predicted molar refractivity (Wildman–Crippen MR) is 91.2 cm³/mol. The molecular formula is C17H25N3O4. The van der Waals surface area contributed by atoms with Crippen LogP contribution in [0.2, 0.25) is 0 Å². The highest BCUT2D eigenvalue weighted by molar-refractivity contribution is 5.91. The van der Waals surface area contributed by atoms with Crippen molar-refractivity contribution >= 4 is 23.6 Å². The number of nitrogens with one attached hydrogen (secondary N) is 2. The third kappa shape index (κ3) is 7.13. The first-order chi connectivity index (χ1) is 11.5. The van der Waals surface area contributed by atoms with Gasteiger partial charge in [0.05, 0.1) is 13.0 Å². The molecule has 3 amide bonds. The summed E-state index contributed by atoms with van der Waals surface area (Å²) in [6, 6.07) is 6.81. The van der Waals surface area contributed by atoms with Crippen LogP contribution in [0.15, 0.2) is 24.3 Å². The average molecular weight is 335 g/mol. The van der Waals surface area contributed by atoms with Crippen molar-refractivity contribution in [2.45, 2.75) is 40.0 Å². The number of ether oxygens (including phenoxy) is 1. The second-order valence-corrected chi connectivity index (χ2v) is 5.28. The van der Waals surface area contributed by atoms with E-state index < -0.39 is 12.0 Å². The molecule has 7 nitrogen and oxygen atoms in total. The summed E-state index contributed by atoms with van der Waals surface area (Å²) in [5, 5.41) is 3.89. The molecule has 2 N–H and O–H groups in total. The number of anilines is 1. The standard InChI is InChI=1S/C17H25N3O4/c1-4-12-20(15(21)10-11-16(22)24-5-2)19-17(23)18-14-8-6-13(3)7-9-14/h6-9H,4-5,10-12H2,1-3H3,(H2,18,19,23). The summed E-state index contributed by atoms with van der Waals surface area (Å²) >= 11 is 0. The van der Waals surface area contributed by atoms with Gasteiger partial charge in [-0.1, -0.05) is 24.6 Å². The number of hydrogen-bond acceptors (Lipinski definition) is 4. The lowest BCUT2D eigenvalue weighted by Crippen LogP contribution is -2.48. The van der Waals surface area contributed by atoms with E-state index >= 15 is 0 Å². The van der Waals surface area contributed by atoms with Crippen molar-refractivity contribution in [1.82, 2.24) is 10.4 Å². The zero-order valence-electron chi connectivity index (χ0n) is 14.4. The number of hydrazine groups is 1. The second-order valence-electron chi connectivity index (χ2n) is 5.28. The van der Waals surface area contributed by atoms with Gasteiger partial charge in [0.1, 0.15) is 0 Å². The molecule has 24 heavy (non-hydrogen) atoms. The Labute approximate surface area is 142 Å². The Kier molecular flexibility index (Phi) is 8.32.